The molecule has 5 nitrogen and oxygen atoms in total. The minimum Gasteiger partial charge on any atom is -0.497 e. The van der Waals surface area contributed by atoms with Gasteiger partial charge in [-0.1, -0.05) is 13.0 Å². The highest BCUT2D eigenvalue weighted by atomic mass is 16.5. The third kappa shape index (κ3) is 2.30. The third-order valence-corrected chi connectivity index (χ3v) is 3.01. The molecule has 0 bridgehead atoms. The van der Waals surface area contributed by atoms with Crippen molar-refractivity contribution in [2.75, 3.05) is 18.6 Å². The molecule has 0 aromatic heterocycles. The molecule has 1 atom stereocenters. The zero-order valence-electron chi connectivity index (χ0n) is 10.5. The topological polar surface area (TPSA) is 58.6 Å². The first-order valence-corrected chi connectivity index (χ1v) is 5.89. The molecular formula is C13H16N2O3. The Morgan fingerprint density at radius 1 is 1.39 bits per heavy atom. The van der Waals surface area contributed by atoms with Crippen LogP contribution in [-0.4, -0.2) is 25.6 Å². The Morgan fingerprint density at radius 2 is 2.17 bits per heavy atom. The second-order valence-electron chi connectivity index (χ2n) is 4.30. The molecule has 2 rings (SSSR count). The normalized spacial score (nSPS) is 20.3. The number of carbonyl (C=O) groups is 2. The average molecular weight is 248 g/mol. The summed E-state index contributed by atoms with van der Waals surface area (Å²) in [4.78, 5) is 25.3. The quantitative estimate of drug-likeness (QED) is 0.867. The molecule has 18 heavy (non-hydrogen) atoms. The van der Waals surface area contributed by atoms with Crippen molar-refractivity contribution in [3.05, 3.63) is 24.3 Å². The predicted molar refractivity (Wildman–Crippen MR) is 67.7 cm³/mol. The van der Waals surface area contributed by atoms with Crippen LogP contribution in [0.15, 0.2) is 24.3 Å². The lowest BCUT2D eigenvalue weighted by atomic mass is 10.1. The second kappa shape index (κ2) is 5.08. The molecule has 5 heteroatoms. The molecule has 96 valence electrons. The van der Waals surface area contributed by atoms with E-state index in [9.17, 15) is 9.59 Å². The summed E-state index contributed by atoms with van der Waals surface area (Å²) in [5, 5.41) is 2.72. The minimum absolute atomic E-state index is 0.171. The van der Waals surface area contributed by atoms with Crippen LogP contribution in [0.3, 0.4) is 0 Å². The Morgan fingerprint density at radius 3 is 2.89 bits per heavy atom. The van der Waals surface area contributed by atoms with E-state index in [-0.39, 0.29) is 17.9 Å². The number of methoxy groups -OCH3 is 1. The zero-order valence-corrected chi connectivity index (χ0v) is 10.5. The molecule has 1 saturated heterocycles. The van der Waals surface area contributed by atoms with Gasteiger partial charge in [0.2, 0.25) is 5.91 Å². The van der Waals surface area contributed by atoms with E-state index in [1.54, 1.807) is 31.4 Å². The maximum Gasteiger partial charge on any atom is 0.328 e. The predicted octanol–water partition coefficient (Wildman–Crippen LogP) is 1.78. The molecule has 1 aliphatic heterocycles. The largest absolute Gasteiger partial charge is 0.497 e. The first-order valence-electron chi connectivity index (χ1n) is 5.89. The summed E-state index contributed by atoms with van der Waals surface area (Å²) in [7, 11) is 1.55. The number of amides is 3. The van der Waals surface area contributed by atoms with E-state index in [2.05, 4.69) is 5.32 Å². The smallest absolute Gasteiger partial charge is 0.328 e. The van der Waals surface area contributed by atoms with Gasteiger partial charge in [-0.2, -0.15) is 0 Å². The fraction of sp³-hybridized carbons (Fsp3) is 0.385. The van der Waals surface area contributed by atoms with Crippen molar-refractivity contribution >= 4 is 17.6 Å². The molecule has 0 saturated carbocycles. The highest BCUT2D eigenvalue weighted by Crippen LogP contribution is 2.24. The van der Waals surface area contributed by atoms with Crippen molar-refractivity contribution in [3.63, 3.8) is 0 Å². The summed E-state index contributed by atoms with van der Waals surface area (Å²) in [6.45, 7) is 2.35. The average Bonchev–Trinajstić information content (AvgIpc) is 2.50. The van der Waals surface area contributed by atoms with Crippen LogP contribution in [0.1, 0.15) is 13.3 Å². The molecule has 1 aromatic rings. The molecule has 1 unspecified atom stereocenters. The number of hydrogen-bond donors (Lipinski definition) is 1. The molecule has 0 radical (unpaired) electrons. The van der Waals surface area contributed by atoms with Gasteiger partial charge in [0.25, 0.3) is 0 Å². The summed E-state index contributed by atoms with van der Waals surface area (Å²) < 4.78 is 5.10. The Hall–Kier alpha value is -2.04. The Bertz CT molecular complexity index is 473. The third-order valence-electron chi connectivity index (χ3n) is 3.01. The van der Waals surface area contributed by atoms with E-state index in [1.165, 1.54) is 4.90 Å². The summed E-state index contributed by atoms with van der Waals surface area (Å²) in [5.74, 6) is 0.262. The fourth-order valence-electron chi connectivity index (χ4n) is 1.91. The molecule has 0 spiro atoms. The van der Waals surface area contributed by atoms with Crippen LogP contribution < -0.4 is 15.0 Å². The number of rotatable bonds is 2. The standard InChI is InChI=1S/C13H16N2O3/c1-9-6-7-14-13(17)15(12(9)16)10-4-3-5-11(8-10)18-2/h3-5,8-9H,6-7H2,1-2H3,(H,14,17). The highest BCUT2D eigenvalue weighted by Gasteiger charge is 2.30. The summed E-state index contributed by atoms with van der Waals surface area (Å²) in [6.07, 6.45) is 0.658. The number of imide groups is 1. The van der Waals surface area contributed by atoms with Gasteiger partial charge in [-0.15, -0.1) is 0 Å². The molecule has 1 aromatic carbocycles. The van der Waals surface area contributed by atoms with Crippen molar-refractivity contribution in [3.8, 4) is 5.75 Å². The Kier molecular flexibility index (Phi) is 3.50. The molecular weight excluding hydrogens is 232 g/mol. The van der Waals surface area contributed by atoms with Crippen LogP contribution in [-0.2, 0) is 4.79 Å². The lowest BCUT2D eigenvalue weighted by Crippen LogP contribution is -2.42. The number of nitrogens with zero attached hydrogens (tertiary/aromatic N) is 1. The van der Waals surface area contributed by atoms with Crippen LogP contribution in [0, 0.1) is 5.92 Å². The number of benzene rings is 1. The SMILES string of the molecule is COc1cccc(N2C(=O)NCCC(C)C2=O)c1. The lowest BCUT2D eigenvalue weighted by Gasteiger charge is -2.20. The summed E-state index contributed by atoms with van der Waals surface area (Å²) in [5.41, 5.74) is 0.533. The van der Waals surface area contributed by atoms with Gasteiger partial charge >= 0.3 is 6.03 Å². The number of urea groups is 1. The Balaban J connectivity index is 2.38. The number of anilines is 1. The van der Waals surface area contributed by atoms with Gasteiger partial charge in [0.05, 0.1) is 12.8 Å². The summed E-state index contributed by atoms with van der Waals surface area (Å²) >= 11 is 0. The van der Waals surface area contributed by atoms with Crippen molar-refractivity contribution in [2.24, 2.45) is 5.92 Å². The van der Waals surface area contributed by atoms with Gasteiger partial charge in [0.1, 0.15) is 5.75 Å². The Labute approximate surface area is 106 Å². The maximum absolute atomic E-state index is 12.2. The maximum atomic E-state index is 12.2. The van der Waals surface area contributed by atoms with Gasteiger partial charge in [-0.3, -0.25) is 4.79 Å². The zero-order chi connectivity index (χ0) is 13.1. The van der Waals surface area contributed by atoms with Crippen LogP contribution in [0.4, 0.5) is 10.5 Å². The number of hydrogen-bond acceptors (Lipinski definition) is 3. The van der Waals surface area contributed by atoms with E-state index >= 15 is 0 Å². The van der Waals surface area contributed by atoms with Gasteiger partial charge < -0.3 is 10.1 Å². The van der Waals surface area contributed by atoms with Crippen LogP contribution in [0.5, 0.6) is 5.75 Å². The van der Waals surface area contributed by atoms with Crippen molar-refractivity contribution < 1.29 is 14.3 Å². The lowest BCUT2D eigenvalue weighted by molar-refractivity contribution is -0.121. The molecule has 1 fully saturated rings. The van der Waals surface area contributed by atoms with Gasteiger partial charge in [-0.05, 0) is 18.6 Å². The van der Waals surface area contributed by atoms with Gasteiger partial charge in [0.15, 0.2) is 0 Å². The van der Waals surface area contributed by atoms with Crippen molar-refractivity contribution in [2.45, 2.75) is 13.3 Å². The van der Waals surface area contributed by atoms with E-state index in [0.717, 1.165) is 0 Å². The van der Waals surface area contributed by atoms with Crippen molar-refractivity contribution in [1.29, 1.82) is 0 Å². The monoisotopic (exact) mass is 248 g/mol. The summed E-state index contributed by atoms with van der Waals surface area (Å²) in [6, 6.07) is 6.54. The molecule has 0 aliphatic carbocycles. The van der Waals surface area contributed by atoms with Crippen molar-refractivity contribution in [1.82, 2.24) is 5.32 Å². The van der Waals surface area contributed by atoms with Gasteiger partial charge in [-0.25, -0.2) is 9.69 Å². The second-order valence-corrected chi connectivity index (χ2v) is 4.30. The minimum atomic E-state index is -0.377. The van der Waals surface area contributed by atoms with E-state index in [0.29, 0.717) is 24.4 Å². The number of ether oxygens (including phenoxy) is 1. The molecule has 1 heterocycles. The first-order chi connectivity index (χ1) is 8.63. The highest BCUT2D eigenvalue weighted by molar-refractivity contribution is 6.15. The molecule has 3 amide bonds. The number of carbonyl (C=O) groups excluding carboxylic acids is 2. The number of nitrogens with one attached hydrogen (secondary N) is 1. The molecule has 1 aliphatic rings. The fourth-order valence-corrected chi connectivity index (χ4v) is 1.91. The molecule has 1 N–H and O–H groups in total. The van der Waals surface area contributed by atoms with E-state index in [4.69, 9.17) is 4.74 Å². The first kappa shape index (κ1) is 12.4. The van der Waals surface area contributed by atoms with Gasteiger partial charge in [0, 0.05) is 18.5 Å². The van der Waals surface area contributed by atoms with Crippen LogP contribution >= 0.6 is 0 Å². The van der Waals surface area contributed by atoms with E-state index in [1.807, 2.05) is 6.92 Å². The van der Waals surface area contributed by atoms with Crippen LogP contribution in [0.25, 0.3) is 0 Å². The van der Waals surface area contributed by atoms with E-state index < -0.39 is 0 Å². The van der Waals surface area contributed by atoms with Crippen LogP contribution in [0.2, 0.25) is 0 Å².